The molecule has 8 heavy (non-hydrogen) atoms. The summed E-state index contributed by atoms with van der Waals surface area (Å²) < 4.78 is 0. The van der Waals surface area contributed by atoms with Crippen molar-refractivity contribution in [3.05, 3.63) is 0 Å². The summed E-state index contributed by atoms with van der Waals surface area (Å²) in [5.41, 5.74) is 0. The maximum atomic E-state index is 2.00. The summed E-state index contributed by atoms with van der Waals surface area (Å²) in [6, 6.07) is 0. The van der Waals surface area contributed by atoms with Crippen LogP contribution in [-0.4, -0.2) is 27.3 Å². The first-order valence-electron chi connectivity index (χ1n) is 3.00. The summed E-state index contributed by atoms with van der Waals surface area (Å²) in [5.74, 6) is 0. The van der Waals surface area contributed by atoms with E-state index in [2.05, 4.69) is 0 Å². The molecule has 0 saturated heterocycles. The molecule has 0 fully saturated rings. The van der Waals surface area contributed by atoms with Gasteiger partial charge in [0.15, 0.2) is 0 Å². The quantitative estimate of drug-likeness (QED) is 0.417. The van der Waals surface area contributed by atoms with Crippen LogP contribution in [0.15, 0.2) is 0 Å². The summed E-state index contributed by atoms with van der Waals surface area (Å²) in [7, 11) is 0. The molecule has 0 aromatic carbocycles. The van der Waals surface area contributed by atoms with Gasteiger partial charge in [0.25, 0.3) is 0 Å². The van der Waals surface area contributed by atoms with Gasteiger partial charge in [0.05, 0.1) is 0 Å². The molecule has 0 amide bonds. The van der Waals surface area contributed by atoms with E-state index in [1.54, 1.807) is 0 Å². The molecule has 0 aliphatic heterocycles. The number of hydrogen-bond donors (Lipinski definition) is 0. The van der Waals surface area contributed by atoms with Crippen LogP contribution in [0.25, 0.3) is 0 Å². The van der Waals surface area contributed by atoms with E-state index >= 15 is 0 Å². The molecule has 0 aromatic rings. The Kier molecular flexibility index (Phi) is 3670. The van der Waals surface area contributed by atoms with Crippen LogP contribution in [0.1, 0.15) is 41.5 Å². The molecule has 47 valence electrons. The van der Waals surface area contributed by atoms with Gasteiger partial charge in [0.2, 0.25) is 0 Å². The van der Waals surface area contributed by atoms with Crippen molar-refractivity contribution < 1.29 is 0 Å². The zero-order valence-electron chi connectivity index (χ0n) is 6.58. The van der Waals surface area contributed by atoms with Crippen molar-refractivity contribution in [3.63, 3.8) is 0 Å². The van der Waals surface area contributed by atoms with E-state index in [1.807, 2.05) is 41.5 Å². The summed E-state index contributed by atoms with van der Waals surface area (Å²) in [4.78, 5) is 0. The van der Waals surface area contributed by atoms with Gasteiger partial charge in [-0.3, -0.25) is 0 Å². The van der Waals surface area contributed by atoms with Gasteiger partial charge in [-0.15, -0.1) is 0 Å². The first-order valence-corrected chi connectivity index (χ1v) is 3.00. The first-order chi connectivity index (χ1) is 3.00. The fraction of sp³-hybridized carbons (Fsp3) is 1.00. The standard InChI is InChI=1S/3C2H6.B.Li.H/c3*1-2;;;/h3*1-2H3;;;. The molecule has 2 heteroatoms. The van der Waals surface area contributed by atoms with E-state index in [1.165, 1.54) is 0 Å². The fourth-order valence-electron chi connectivity index (χ4n) is 0. The van der Waals surface area contributed by atoms with Gasteiger partial charge >= 0.3 is 18.9 Å². The Hall–Kier alpha value is 0.662. The van der Waals surface area contributed by atoms with Crippen molar-refractivity contribution in [2.75, 3.05) is 0 Å². The van der Waals surface area contributed by atoms with Crippen molar-refractivity contribution in [2.24, 2.45) is 0 Å². The molecule has 0 heterocycles. The van der Waals surface area contributed by atoms with Crippen molar-refractivity contribution in [1.29, 1.82) is 0 Å². The van der Waals surface area contributed by atoms with E-state index in [0.29, 0.717) is 0 Å². The molecule has 0 bridgehead atoms. The van der Waals surface area contributed by atoms with E-state index in [-0.39, 0.29) is 27.3 Å². The van der Waals surface area contributed by atoms with Crippen molar-refractivity contribution in [1.82, 2.24) is 0 Å². The third-order valence-electron chi connectivity index (χ3n) is 0. The third-order valence-corrected chi connectivity index (χ3v) is 0. The minimum atomic E-state index is 0. The van der Waals surface area contributed by atoms with Crippen LogP contribution in [0, 0.1) is 0 Å². The van der Waals surface area contributed by atoms with Crippen molar-refractivity contribution >= 4 is 27.3 Å². The molecule has 0 rings (SSSR count). The van der Waals surface area contributed by atoms with Gasteiger partial charge < -0.3 is 0 Å². The van der Waals surface area contributed by atoms with Crippen molar-refractivity contribution in [2.45, 2.75) is 41.5 Å². The molecule has 0 N–H and O–H groups in total. The second kappa shape index (κ2) is 775. The second-order valence-electron chi connectivity index (χ2n) is 0. The van der Waals surface area contributed by atoms with E-state index in [4.69, 9.17) is 0 Å². The Bertz CT molecular complexity index is 8.49. The predicted molar refractivity (Wildman–Crippen MR) is 46.9 cm³/mol. The van der Waals surface area contributed by atoms with Crippen LogP contribution in [-0.2, 0) is 0 Å². The Balaban J connectivity index is -0.00000000500. The van der Waals surface area contributed by atoms with E-state index in [0.717, 1.165) is 0 Å². The second-order valence-corrected chi connectivity index (χ2v) is 0. The SMILES string of the molecule is CC.CC.CC.[B].[LiH]. The average Bonchev–Trinajstić information content (AvgIpc) is 1.81. The average molecular weight is 109 g/mol. The van der Waals surface area contributed by atoms with Gasteiger partial charge in [-0.25, -0.2) is 0 Å². The Labute approximate surface area is 69.2 Å². The van der Waals surface area contributed by atoms with Crippen LogP contribution in [0.2, 0.25) is 0 Å². The van der Waals surface area contributed by atoms with Crippen LogP contribution >= 0.6 is 0 Å². The molecule has 0 aliphatic rings. The summed E-state index contributed by atoms with van der Waals surface area (Å²) in [6.45, 7) is 12.0. The third kappa shape index (κ3) is 487. The van der Waals surface area contributed by atoms with Gasteiger partial charge in [0.1, 0.15) is 0 Å². The molecular weight excluding hydrogens is 89.8 g/mol. The van der Waals surface area contributed by atoms with Gasteiger partial charge in [-0.1, -0.05) is 41.5 Å². The predicted octanol–water partition coefficient (Wildman–Crippen LogP) is 2.05. The zero-order valence-corrected chi connectivity index (χ0v) is 6.58. The molecule has 0 spiro atoms. The van der Waals surface area contributed by atoms with Gasteiger partial charge in [0, 0.05) is 8.41 Å². The fourth-order valence-corrected chi connectivity index (χ4v) is 0. The number of hydrogen-bond acceptors (Lipinski definition) is 0. The molecule has 3 radical (unpaired) electrons. The monoisotopic (exact) mass is 109 g/mol. The topological polar surface area (TPSA) is 0 Å². The molecule has 0 nitrogen and oxygen atoms in total. The Morgan fingerprint density at radius 1 is 0.500 bits per heavy atom. The van der Waals surface area contributed by atoms with Crippen LogP contribution in [0.5, 0.6) is 0 Å². The first kappa shape index (κ1) is 37.9. The molecule has 0 aromatic heterocycles. The zero-order chi connectivity index (χ0) is 6.00. The summed E-state index contributed by atoms with van der Waals surface area (Å²) in [6.07, 6.45) is 0. The van der Waals surface area contributed by atoms with E-state index < -0.39 is 0 Å². The Morgan fingerprint density at radius 2 is 0.500 bits per heavy atom. The molecule has 0 unspecified atom stereocenters. The van der Waals surface area contributed by atoms with E-state index in [9.17, 15) is 0 Å². The van der Waals surface area contributed by atoms with Gasteiger partial charge in [-0.05, 0) is 0 Å². The van der Waals surface area contributed by atoms with Crippen LogP contribution < -0.4 is 0 Å². The van der Waals surface area contributed by atoms with Crippen LogP contribution in [0.3, 0.4) is 0 Å². The normalized spacial score (nSPS) is 2.25. The Morgan fingerprint density at radius 3 is 0.500 bits per heavy atom. The molecule has 0 aliphatic carbocycles. The van der Waals surface area contributed by atoms with Crippen molar-refractivity contribution in [3.8, 4) is 0 Å². The minimum absolute atomic E-state index is 0. The van der Waals surface area contributed by atoms with Crippen LogP contribution in [0.4, 0.5) is 0 Å². The molecular formula is C6H19BLi. The maximum absolute atomic E-state index is 2.00. The molecule has 0 atom stereocenters. The molecule has 0 saturated carbocycles. The van der Waals surface area contributed by atoms with Gasteiger partial charge in [-0.2, -0.15) is 0 Å². The summed E-state index contributed by atoms with van der Waals surface area (Å²) >= 11 is 0. The number of rotatable bonds is 0. The summed E-state index contributed by atoms with van der Waals surface area (Å²) in [5, 5.41) is 0.